The fourth-order valence-corrected chi connectivity index (χ4v) is 1.06. The second kappa shape index (κ2) is 3.19. The maximum absolute atomic E-state index is 10.6. The fourth-order valence-electron chi connectivity index (χ4n) is 1.06. The van der Waals surface area contributed by atoms with Crippen molar-refractivity contribution >= 4 is 5.91 Å². The SMILES string of the molecule is CNNC1(CNC(C)=O)CC1. The summed E-state index contributed by atoms with van der Waals surface area (Å²) >= 11 is 0. The van der Waals surface area contributed by atoms with Crippen LogP contribution in [0, 0.1) is 0 Å². The molecular weight excluding hydrogens is 142 g/mol. The van der Waals surface area contributed by atoms with E-state index in [2.05, 4.69) is 16.2 Å². The van der Waals surface area contributed by atoms with E-state index in [1.807, 2.05) is 7.05 Å². The molecule has 1 aliphatic carbocycles. The minimum absolute atomic E-state index is 0.0363. The Kier molecular flexibility index (Phi) is 2.46. The van der Waals surface area contributed by atoms with Crippen LogP contribution in [0.1, 0.15) is 19.8 Å². The maximum Gasteiger partial charge on any atom is 0.216 e. The van der Waals surface area contributed by atoms with E-state index in [4.69, 9.17) is 0 Å². The first-order valence-corrected chi connectivity index (χ1v) is 3.87. The van der Waals surface area contributed by atoms with E-state index in [0.29, 0.717) is 0 Å². The third-order valence-corrected chi connectivity index (χ3v) is 1.92. The molecule has 4 heteroatoms. The van der Waals surface area contributed by atoms with Crippen LogP contribution in [0.3, 0.4) is 0 Å². The highest BCUT2D eigenvalue weighted by atomic mass is 16.1. The van der Waals surface area contributed by atoms with E-state index in [1.54, 1.807) is 0 Å². The van der Waals surface area contributed by atoms with Crippen LogP contribution in [0.15, 0.2) is 0 Å². The van der Waals surface area contributed by atoms with Gasteiger partial charge in [0.25, 0.3) is 0 Å². The van der Waals surface area contributed by atoms with Gasteiger partial charge in [-0.2, -0.15) is 0 Å². The lowest BCUT2D eigenvalue weighted by Gasteiger charge is -2.15. The van der Waals surface area contributed by atoms with Crippen molar-refractivity contribution in [3.05, 3.63) is 0 Å². The molecule has 0 radical (unpaired) electrons. The minimum atomic E-state index is 0.0363. The molecule has 4 nitrogen and oxygen atoms in total. The Bertz CT molecular complexity index is 154. The van der Waals surface area contributed by atoms with Gasteiger partial charge in [-0.3, -0.25) is 15.6 Å². The molecule has 64 valence electrons. The molecule has 0 bridgehead atoms. The summed E-state index contributed by atoms with van der Waals surface area (Å²) < 4.78 is 0. The van der Waals surface area contributed by atoms with Gasteiger partial charge >= 0.3 is 0 Å². The van der Waals surface area contributed by atoms with E-state index >= 15 is 0 Å². The second-order valence-electron chi connectivity index (χ2n) is 3.07. The molecule has 1 fully saturated rings. The summed E-state index contributed by atoms with van der Waals surface area (Å²) in [5.74, 6) is 0.0363. The van der Waals surface area contributed by atoms with Crippen LogP contribution in [0.25, 0.3) is 0 Å². The van der Waals surface area contributed by atoms with Crippen LogP contribution in [0.2, 0.25) is 0 Å². The predicted octanol–water partition coefficient (Wildman–Crippen LogP) is -0.621. The Morgan fingerprint density at radius 1 is 1.55 bits per heavy atom. The average molecular weight is 157 g/mol. The van der Waals surface area contributed by atoms with E-state index in [1.165, 1.54) is 6.92 Å². The van der Waals surface area contributed by atoms with Gasteiger partial charge in [0, 0.05) is 19.0 Å². The van der Waals surface area contributed by atoms with Crippen molar-refractivity contribution in [1.29, 1.82) is 0 Å². The van der Waals surface area contributed by atoms with E-state index in [9.17, 15) is 4.79 Å². The molecule has 3 N–H and O–H groups in total. The van der Waals surface area contributed by atoms with Crippen molar-refractivity contribution in [2.75, 3.05) is 13.6 Å². The van der Waals surface area contributed by atoms with E-state index in [0.717, 1.165) is 19.4 Å². The van der Waals surface area contributed by atoms with Crippen LogP contribution in [-0.4, -0.2) is 25.0 Å². The molecule has 1 aliphatic rings. The van der Waals surface area contributed by atoms with Crippen LogP contribution < -0.4 is 16.2 Å². The lowest BCUT2D eigenvalue weighted by molar-refractivity contribution is -0.119. The average Bonchev–Trinajstić information content (AvgIpc) is 2.67. The predicted molar refractivity (Wildman–Crippen MR) is 42.8 cm³/mol. The number of hydrogen-bond acceptors (Lipinski definition) is 3. The molecule has 0 unspecified atom stereocenters. The van der Waals surface area contributed by atoms with Crippen LogP contribution in [-0.2, 0) is 4.79 Å². The summed E-state index contributed by atoms with van der Waals surface area (Å²) in [6, 6.07) is 0. The van der Waals surface area contributed by atoms with Gasteiger partial charge in [0.05, 0.1) is 0 Å². The number of amides is 1. The van der Waals surface area contributed by atoms with Gasteiger partial charge in [0.1, 0.15) is 0 Å². The maximum atomic E-state index is 10.6. The van der Waals surface area contributed by atoms with Gasteiger partial charge in [0.2, 0.25) is 5.91 Å². The number of carbonyl (C=O) groups is 1. The molecule has 1 amide bonds. The Hall–Kier alpha value is -0.610. The van der Waals surface area contributed by atoms with Crippen molar-refractivity contribution < 1.29 is 4.79 Å². The highest BCUT2D eigenvalue weighted by molar-refractivity contribution is 5.72. The molecule has 1 rings (SSSR count). The monoisotopic (exact) mass is 157 g/mol. The Labute approximate surface area is 66.7 Å². The highest BCUT2D eigenvalue weighted by Gasteiger charge is 2.42. The topological polar surface area (TPSA) is 53.2 Å². The zero-order valence-electron chi connectivity index (χ0n) is 7.03. The largest absolute Gasteiger partial charge is 0.354 e. The fraction of sp³-hybridized carbons (Fsp3) is 0.857. The third kappa shape index (κ3) is 2.48. The van der Waals surface area contributed by atoms with Gasteiger partial charge in [-0.05, 0) is 19.9 Å². The normalized spacial score (nSPS) is 19.5. The van der Waals surface area contributed by atoms with Crippen molar-refractivity contribution in [3.63, 3.8) is 0 Å². The molecule has 0 aromatic carbocycles. The Morgan fingerprint density at radius 2 is 2.18 bits per heavy atom. The summed E-state index contributed by atoms with van der Waals surface area (Å²) in [7, 11) is 1.84. The molecular formula is C7H15N3O. The van der Waals surface area contributed by atoms with Gasteiger partial charge in [-0.1, -0.05) is 0 Å². The molecule has 0 spiro atoms. The lowest BCUT2D eigenvalue weighted by atomic mass is 10.3. The Morgan fingerprint density at radius 3 is 2.55 bits per heavy atom. The van der Waals surface area contributed by atoms with Crippen molar-refractivity contribution in [1.82, 2.24) is 16.2 Å². The Balaban J connectivity index is 2.19. The summed E-state index contributed by atoms with van der Waals surface area (Å²) in [5.41, 5.74) is 6.16. The molecule has 0 heterocycles. The number of hydrazine groups is 1. The first-order valence-electron chi connectivity index (χ1n) is 3.87. The zero-order chi connectivity index (χ0) is 8.32. The summed E-state index contributed by atoms with van der Waals surface area (Å²) in [5, 5.41) is 2.79. The first kappa shape index (κ1) is 8.49. The van der Waals surface area contributed by atoms with Crippen LogP contribution in [0.4, 0.5) is 0 Å². The molecule has 0 aromatic rings. The van der Waals surface area contributed by atoms with Crippen LogP contribution >= 0.6 is 0 Å². The van der Waals surface area contributed by atoms with E-state index < -0.39 is 0 Å². The number of carbonyl (C=O) groups excluding carboxylic acids is 1. The van der Waals surface area contributed by atoms with Gasteiger partial charge in [0.15, 0.2) is 0 Å². The number of nitrogens with one attached hydrogen (secondary N) is 3. The summed E-state index contributed by atoms with van der Waals surface area (Å²) in [4.78, 5) is 10.6. The second-order valence-corrected chi connectivity index (χ2v) is 3.07. The van der Waals surface area contributed by atoms with Gasteiger partial charge in [-0.15, -0.1) is 0 Å². The lowest BCUT2D eigenvalue weighted by Crippen LogP contribution is -2.47. The summed E-state index contributed by atoms with van der Waals surface area (Å²) in [6.07, 6.45) is 2.27. The van der Waals surface area contributed by atoms with E-state index in [-0.39, 0.29) is 11.4 Å². The molecule has 0 aliphatic heterocycles. The highest BCUT2D eigenvalue weighted by Crippen LogP contribution is 2.33. The summed E-state index contributed by atoms with van der Waals surface area (Å²) in [6.45, 7) is 2.26. The van der Waals surface area contributed by atoms with Gasteiger partial charge in [-0.25, -0.2) is 0 Å². The number of hydrogen-bond donors (Lipinski definition) is 3. The molecule has 11 heavy (non-hydrogen) atoms. The standard InChI is InChI=1S/C7H15N3O/c1-6(11)9-5-7(3-4-7)10-8-2/h8,10H,3-5H2,1-2H3,(H,9,11). The van der Waals surface area contributed by atoms with Crippen molar-refractivity contribution in [2.24, 2.45) is 0 Å². The molecule has 0 atom stereocenters. The van der Waals surface area contributed by atoms with Crippen molar-refractivity contribution in [3.8, 4) is 0 Å². The third-order valence-electron chi connectivity index (χ3n) is 1.92. The first-order chi connectivity index (χ1) is 5.18. The minimum Gasteiger partial charge on any atom is -0.354 e. The zero-order valence-corrected chi connectivity index (χ0v) is 7.03. The molecule has 0 saturated heterocycles. The smallest absolute Gasteiger partial charge is 0.216 e. The molecule has 0 aromatic heterocycles. The number of rotatable bonds is 4. The van der Waals surface area contributed by atoms with Crippen LogP contribution in [0.5, 0.6) is 0 Å². The van der Waals surface area contributed by atoms with Gasteiger partial charge < -0.3 is 5.32 Å². The quantitative estimate of drug-likeness (QED) is 0.477. The molecule has 1 saturated carbocycles. The van der Waals surface area contributed by atoms with Crippen molar-refractivity contribution in [2.45, 2.75) is 25.3 Å².